The van der Waals surface area contributed by atoms with Crippen LogP contribution in [-0.2, 0) is 12.8 Å². The number of nitrogens with zero attached hydrogens (tertiary/aromatic N) is 2. The molecule has 0 unspecified atom stereocenters. The van der Waals surface area contributed by atoms with E-state index in [1.165, 1.54) is 0 Å². The van der Waals surface area contributed by atoms with Crippen molar-refractivity contribution in [2.24, 2.45) is 0 Å². The number of urea groups is 2. The summed E-state index contributed by atoms with van der Waals surface area (Å²) >= 11 is 0. The minimum atomic E-state index is -0.209. The first-order valence-corrected chi connectivity index (χ1v) is 9.05. The molecule has 0 aliphatic heterocycles. The first-order valence-electron chi connectivity index (χ1n) is 9.05. The molecular formula is C19H26N6O2. The first-order chi connectivity index (χ1) is 13.2. The summed E-state index contributed by atoms with van der Waals surface area (Å²) in [6.45, 7) is 2.09. The average molecular weight is 370 g/mol. The molecule has 0 aliphatic rings. The quantitative estimate of drug-likeness (QED) is 0.472. The third-order valence-corrected chi connectivity index (χ3v) is 3.77. The van der Waals surface area contributed by atoms with Gasteiger partial charge in [0.15, 0.2) is 0 Å². The second-order valence-corrected chi connectivity index (χ2v) is 5.94. The van der Waals surface area contributed by atoms with Crippen LogP contribution in [0.2, 0.25) is 0 Å². The van der Waals surface area contributed by atoms with E-state index in [4.69, 9.17) is 0 Å². The maximum absolute atomic E-state index is 11.7. The van der Waals surface area contributed by atoms with Crippen molar-refractivity contribution in [2.45, 2.75) is 19.3 Å². The lowest BCUT2D eigenvalue weighted by molar-refractivity contribution is 0.239. The molecular weight excluding hydrogens is 344 g/mol. The van der Waals surface area contributed by atoms with E-state index in [1.807, 2.05) is 24.3 Å². The number of nitrogens with one attached hydrogen (secondary N) is 4. The van der Waals surface area contributed by atoms with Gasteiger partial charge in [-0.05, 0) is 42.5 Å². The van der Waals surface area contributed by atoms with E-state index in [2.05, 4.69) is 31.2 Å². The van der Waals surface area contributed by atoms with Gasteiger partial charge < -0.3 is 21.3 Å². The standard InChI is InChI=1S/C19H26N6O2/c26-18(24-12-6-16-4-1-8-20-14-16)22-10-3-11-23-19(27)25-13-7-17-5-2-9-21-15-17/h1-2,4-5,8-9,14-15H,3,6-7,10-13H2,(H2,22,24,26)(H2,23,25,27). The number of aromatic nitrogens is 2. The Morgan fingerprint density at radius 2 is 1.15 bits per heavy atom. The zero-order valence-electron chi connectivity index (χ0n) is 15.3. The lowest BCUT2D eigenvalue weighted by atomic mass is 10.2. The Kier molecular flexibility index (Phi) is 9.13. The second-order valence-electron chi connectivity index (χ2n) is 5.94. The third kappa shape index (κ3) is 9.20. The van der Waals surface area contributed by atoms with E-state index in [1.54, 1.807) is 24.8 Å². The van der Waals surface area contributed by atoms with Crippen molar-refractivity contribution in [3.8, 4) is 0 Å². The lowest BCUT2D eigenvalue weighted by Crippen LogP contribution is -2.40. The Balaban J connectivity index is 1.43. The molecule has 4 N–H and O–H groups in total. The van der Waals surface area contributed by atoms with Gasteiger partial charge in [0.1, 0.15) is 0 Å². The van der Waals surface area contributed by atoms with Gasteiger partial charge in [0.2, 0.25) is 0 Å². The summed E-state index contributed by atoms with van der Waals surface area (Å²) in [6.07, 6.45) is 9.15. The van der Waals surface area contributed by atoms with E-state index in [-0.39, 0.29) is 12.1 Å². The van der Waals surface area contributed by atoms with Crippen LogP contribution in [0, 0.1) is 0 Å². The Morgan fingerprint density at radius 3 is 1.56 bits per heavy atom. The fourth-order valence-electron chi connectivity index (χ4n) is 2.35. The number of pyridine rings is 2. The van der Waals surface area contributed by atoms with Crippen LogP contribution in [0.4, 0.5) is 9.59 Å². The summed E-state index contributed by atoms with van der Waals surface area (Å²) in [4.78, 5) is 31.4. The number of amides is 4. The van der Waals surface area contributed by atoms with E-state index in [0.29, 0.717) is 32.6 Å². The smallest absolute Gasteiger partial charge is 0.314 e. The van der Waals surface area contributed by atoms with Gasteiger partial charge >= 0.3 is 12.1 Å². The van der Waals surface area contributed by atoms with Crippen LogP contribution in [0.3, 0.4) is 0 Å². The molecule has 2 aromatic rings. The van der Waals surface area contributed by atoms with Crippen molar-refractivity contribution < 1.29 is 9.59 Å². The van der Waals surface area contributed by atoms with Crippen molar-refractivity contribution in [1.29, 1.82) is 0 Å². The van der Waals surface area contributed by atoms with Crippen LogP contribution >= 0.6 is 0 Å². The highest BCUT2D eigenvalue weighted by atomic mass is 16.2. The Hall–Kier alpha value is -3.16. The molecule has 0 spiro atoms. The SMILES string of the molecule is O=C(NCCCNC(=O)NCCc1cccnc1)NCCc1cccnc1. The van der Waals surface area contributed by atoms with Crippen LogP contribution in [0.1, 0.15) is 17.5 Å². The van der Waals surface area contributed by atoms with Gasteiger partial charge in [0.25, 0.3) is 0 Å². The number of carbonyl (C=O) groups is 2. The lowest BCUT2D eigenvalue weighted by Gasteiger charge is -2.09. The van der Waals surface area contributed by atoms with E-state index >= 15 is 0 Å². The van der Waals surface area contributed by atoms with Crippen LogP contribution in [-0.4, -0.2) is 48.2 Å². The average Bonchev–Trinajstić information content (AvgIpc) is 2.69. The van der Waals surface area contributed by atoms with Crippen LogP contribution in [0.5, 0.6) is 0 Å². The predicted molar refractivity (Wildman–Crippen MR) is 103 cm³/mol. The van der Waals surface area contributed by atoms with Gasteiger partial charge in [-0.15, -0.1) is 0 Å². The fraction of sp³-hybridized carbons (Fsp3) is 0.368. The predicted octanol–water partition coefficient (Wildman–Crippen LogP) is 1.25. The van der Waals surface area contributed by atoms with Crippen LogP contribution in [0.15, 0.2) is 49.1 Å². The van der Waals surface area contributed by atoms with Gasteiger partial charge in [-0.25, -0.2) is 9.59 Å². The largest absolute Gasteiger partial charge is 0.338 e. The van der Waals surface area contributed by atoms with Crippen LogP contribution < -0.4 is 21.3 Å². The maximum atomic E-state index is 11.7. The van der Waals surface area contributed by atoms with E-state index in [0.717, 1.165) is 24.0 Å². The highest BCUT2D eigenvalue weighted by Crippen LogP contribution is 1.96. The maximum Gasteiger partial charge on any atom is 0.314 e. The molecule has 0 aromatic carbocycles. The molecule has 0 saturated heterocycles. The summed E-state index contributed by atoms with van der Waals surface area (Å²) in [5, 5.41) is 11.1. The van der Waals surface area contributed by atoms with Crippen LogP contribution in [0.25, 0.3) is 0 Å². The molecule has 0 radical (unpaired) electrons. The van der Waals surface area contributed by atoms with Gasteiger partial charge in [-0.3, -0.25) is 9.97 Å². The van der Waals surface area contributed by atoms with Gasteiger partial charge in [-0.1, -0.05) is 12.1 Å². The van der Waals surface area contributed by atoms with Crippen molar-refractivity contribution in [2.75, 3.05) is 26.2 Å². The van der Waals surface area contributed by atoms with Crippen molar-refractivity contribution in [1.82, 2.24) is 31.2 Å². The number of hydrogen-bond acceptors (Lipinski definition) is 4. The zero-order valence-corrected chi connectivity index (χ0v) is 15.3. The highest BCUT2D eigenvalue weighted by Gasteiger charge is 2.01. The molecule has 144 valence electrons. The van der Waals surface area contributed by atoms with Crippen molar-refractivity contribution >= 4 is 12.1 Å². The molecule has 0 saturated carbocycles. The molecule has 27 heavy (non-hydrogen) atoms. The normalized spacial score (nSPS) is 10.1. The molecule has 2 aromatic heterocycles. The zero-order chi connectivity index (χ0) is 19.2. The number of hydrogen-bond donors (Lipinski definition) is 4. The monoisotopic (exact) mass is 370 g/mol. The first kappa shape index (κ1) is 20.2. The third-order valence-electron chi connectivity index (χ3n) is 3.77. The van der Waals surface area contributed by atoms with Crippen molar-refractivity contribution in [3.63, 3.8) is 0 Å². The molecule has 0 atom stereocenters. The molecule has 0 bridgehead atoms. The highest BCUT2D eigenvalue weighted by molar-refractivity contribution is 5.74. The summed E-state index contributed by atoms with van der Waals surface area (Å²) in [5.41, 5.74) is 2.16. The van der Waals surface area contributed by atoms with Gasteiger partial charge in [-0.2, -0.15) is 0 Å². The minimum Gasteiger partial charge on any atom is -0.338 e. The Labute approximate surface area is 159 Å². The molecule has 0 aliphatic carbocycles. The summed E-state index contributed by atoms with van der Waals surface area (Å²) in [7, 11) is 0. The summed E-state index contributed by atoms with van der Waals surface area (Å²) in [6, 6.07) is 7.27. The van der Waals surface area contributed by atoms with E-state index < -0.39 is 0 Å². The second kappa shape index (κ2) is 12.2. The summed E-state index contributed by atoms with van der Waals surface area (Å²) < 4.78 is 0. The molecule has 8 nitrogen and oxygen atoms in total. The molecule has 8 heteroatoms. The molecule has 4 amide bonds. The van der Waals surface area contributed by atoms with Crippen molar-refractivity contribution in [3.05, 3.63) is 60.2 Å². The molecule has 2 heterocycles. The topological polar surface area (TPSA) is 108 Å². The molecule has 2 rings (SSSR count). The Morgan fingerprint density at radius 1 is 0.704 bits per heavy atom. The number of carbonyl (C=O) groups excluding carboxylic acids is 2. The summed E-state index contributed by atoms with van der Waals surface area (Å²) in [5.74, 6) is 0. The van der Waals surface area contributed by atoms with Gasteiger partial charge in [0.05, 0.1) is 0 Å². The minimum absolute atomic E-state index is 0.209. The fourth-order valence-corrected chi connectivity index (χ4v) is 2.35. The Bertz CT molecular complexity index is 622. The van der Waals surface area contributed by atoms with E-state index in [9.17, 15) is 9.59 Å². The molecule has 0 fully saturated rings. The van der Waals surface area contributed by atoms with Gasteiger partial charge in [0, 0.05) is 51.0 Å². The number of rotatable bonds is 10.